The fourth-order valence-electron chi connectivity index (χ4n) is 4.65. The molecule has 0 amide bonds. The van der Waals surface area contributed by atoms with Crippen molar-refractivity contribution in [1.82, 2.24) is 15.3 Å². The van der Waals surface area contributed by atoms with Gasteiger partial charge in [-0.3, -0.25) is 4.90 Å². The molecule has 3 rings (SSSR count). The first kappa shape index (κ1) is 27.4. The summed E-state index contributed by atoms with van der Waals surface area (Å²) in [4.78, 5) is 3.46. The molecule has 1 aliphatic carbocycles. The molecule has 0 bridgehead atoms. The zero-order valence-corrected chi connectivity index (χ0v) is 23.0. The zero-order chi connectivity index (χ0) is 24.7. The van der Waals surface area contributed by atoms with E-state index in [1.165, 1.54) is 40.9 Å². The first-order chi connectivity index (χ1) is 16.3. The highest BCUT2D eigenvalue weighted by molar-refractivity contribution is 7.16. The summed E-state index contributed by atoms with van der Waals surface area (Å²) < 4.78 is 19.7. The predicted molar refractivity (Wildman–Crippen MR) is 143 cm³/mol. The first-order valence-corrected chi connectivity index (χ1v) is 13.7. The number of hydrogen-bond donors (Lipinski definition) is 1. The summed E-state index contributed by atoms with van der Waals surface area (Å²) in [7, 11) is 0. The molecule has 1 saturated carbocycles. The molecule has 2 heterocycles. The molecule has 1 aliphatic heterocycles. The Bertz CT molecular complexity index is 906. The van der Waals surface area contributed by atoms with E-state index < -0.39 is 6.67 Å². The summed E-state index contributed by atoms with van der Waals surface area (Å²) in [5.74, 6) is 0. The van der Waals surface area contributed by atoms with Crippen molar-refractivity contribution in [2.75, 3.05) is 39.4 Å². The third-order valence-electron chi connectivity index (χ3n) is 6.92. The third kappa shape index (κ3) is 7.41. The van der Waals surface area contributed by atoms with Crippen molar-refractivity contribution in [1.29, 1.82) is 0 Å². The number of halogens is 2. The van der Waals surface area contributed by atoms with Gasteiger partial charge in [-0.05, 0) is 80.7 Å². The van der Waals surface area contributed by atoms with Crippen LogP contribution in [0.3, 0.4) is 0 Å². The molecule has 34 heavy (non-hydrogen) atoms. The Morgan fingerprint density at radius 2 is 2.18 bits per heavy atom. The van der Waals surface area contributed by atoms with Crippen LogP contribution in [-0.4, -0.2) is 55.3 Å². The Kier molecular flexibility index (Phi) is 10.2. The summed E-state index contributed by atoms with van der Waals surface area (Å²) in [6.07, 6.45) is 10.1. The lowest BCUT2D eigenvalue weighted by molar-refractivity contribution is 0.116. The fraction of sp³-hybridized carbons (Fsp3) is 0.630. The number of hydrogen-bond acceptors (Lipinski definition) is 5. The number of thiophene rings is 1. The summed E-state index contributed by atoms with van der Waals surface area (Å²) in [5.41, 5.74) is 8.99. The van der Waals surface area contributed by atoms with Crippen LogP contribution in [0.15, 0.2) is 41.1 Å². The molecule has 0 aromatic carbocycles. The van der Waals surface area contributed by atoms with E-state index >= 15 is 0 Å². The highest BCUT2D eigenvalue weighted by atomic mass is 35.5. The van der Waals surface area contributed by atoms with Crippen molar-refractivity contribution in [2.24, 2.45) is 5.41 Å². The second-order valence-electron chi connectivity index (χ2n) is 9.79. The number of ether oxygens (including phenoxy) is 1. The molecule has 0 saturated heterocycles. The van der Waals surface area contributed by atoms with Crippen LogP contribution in [0.5, 0.6) is 0 Å². The lowest BCUT2D eigenvalue weighted by Gasteiger charge is -2.24. The van der Waals surface area contributed by atoms with Crippen LogP contribution in [0, 0.1) is 5.41 Å². The molecule has 2 aliphatic rings. The van der Waals surface area contributed by atoms with Gasteiger partial charge in [0.25, 0.3) is 0 Å². The lowest BCUT2D eigenvalue weighted by atomic mass is 9.93. The van der Waals surface area contributed by atoms with E-state index in [0.29, 0.717) is 23.0 Å². The van der Waals surface area contributed by atoms with Gasteiger partial charge in [-0.15, -0.1) is 11.3 Å². The number of rotatable bonds is 14. The molecule has 0 radical (unpaired) electrons. The molecular formula is C27H41ClFN3OS. The molecule has 1 aromatic heterocycles. The minimum atomic E-state index is -0.459. The lowest BCUT2D eigenvalue weighted by Crippen LogP contribution is -2.38. The van der Waals surface area contributed by atoms with E-state index in [0.717, 1.165) is 43.0 Å². The van der Waals surface area contributed by atoms with Gasteiger partial charge >= 0.3 is 0 Å². The summed E-state index contributed by atoms with van der Waals surface area (Å²) in [5, 5.41) is 2.24. The van der Waals surface area contributed by atoms with Crippen LogP contribution < -0.4 is 5.43 Å². The predicted octanol–water partition coefficient (Wildman–Crippen LogP) is 6.54. The van der Waals surface area contributed by atoms with Crippen LogP contribution in [0.25, 0.3) is 0 Å². The van der Waals surface area contributed by atoms with Crippen molar-refractivity contribution >= 4 is 22.9 Å². The van der Waals surface area contributed by atoms with Crippen LogP contribution >= 0.6 is 22.9 Å². The van der Waals surface area contributed by atoms with E-state index in [1.54, 1.807) is 6.07 Å². The Hall–Kier alpha value is -1.18. The Morgan fingerprint density at radius 1 is 1.41 bits per heavy atom. The maximum absolute atomic E-state index is 13.4. The monoisotopic (exact) mass is 509 g/mol. The minimum Gasteiger partial charge on any atom is -0.380 e. The minimum absolute atomic E-state index is 0.279. The van der Waals surface area contributed by atoms with E-state index in [2.05, 4.69) is 61.4 Å². The molecule has 7 heteroatoms. The second-order valence-corrected chi connectivity index (χ2v) is 11.6. The van der Waals surface area contributed by atoms with Gasteiger partial charge in [0.1, 0.15) is 6.67 Å². The maximum atomic E-state index is 13.4. The van der Waals surface area contributed by atoms with E-state index in [9.17, 15) is 4.39 Å². The zero-order valence-electron chi connectivity index (χ0n) is 21.4. The average molecular weight is 510 g/mol. The van der Waals surface area contributed by atoms with Crippen molar-refractivity contribution < 1.29 is 9.13 Å². The molecular weight excluding hydrogens is 469 g/mol. The largest absolute Gasteiger partial charge is 0.380 e. The fourth-order valence-corrected chi connectivity index (χ4v) is 5.94. The maximum Gasteiger partial charge on any atom is 0.116 e. The SMILES string of the molecule is C/C=C\C(=C(/C)CN1C=C(CN(CCOCC)CCc2sc(Cl)cc2CF)[C@@H](C)N1)C1(C)CC1. The standard InChI is InChI=1S/C27H41ClFN3OS/c1-6-8-24(27(5)10-11-27)20(3)17-32-19-23(21(4)30-32)18-31(13-14-33-7-2)12-9-25-22(16-29)15-26(28)34-25/h6,8,15,19,21,30H,7,9-14,16-18H2,1-5H3/b8-6-,24-20-/t21-/m1/s1. The third-order valence-corrected chi connectivity index (χ3v) is 8.28. The number of alkyl halides is 1. The molecule has 1 atom stereocenters. The molecule has 1 fully saturated rings. The van der Waals surface area contributed by atoms with Gasteiger partial charge in [0, 0.05) is 43.4 Å². The molecule has 0 spiro atoms. The van der Waals surface area contributed by atoms with Gasteiger partial charge in [0.2, 0.25) is 0 Å². The molecule has 4 nitrogen and oxygen atoms in total. The summed E-state index contributed by atoms with van der Waals surface area (Å²) in [6, 6.07) is 2.04. The Balaban J connectivity index is 1.66. The van der Waals surface area contributed by atoms with Crippen LogP contribution in [0.2, 0.25) is 4.34 Å². The van der Waals surface area contributed by atoms with Crippen molar-refractivity contribution in [3.63, 3.8) is 0 Å². The highest BCUT2D eigenvalue weighted by Crippen LogP contribution is 2.52. The average Bonchev–Trinajstić information content (AvgIpc) is 3.29. The quantitative estimate of drug-likeness (QED) is 0.228. The van der Waals surface area contributed by atoms with Gasteiger partial charge in [-0.25, -0.2) is 9.82 Å². The summed E-state index contributed by atoms with van der Waals surface area (Å²) in [6.45, 7) is 15.4. The topological polar surface area (TPSA) is 27.7 Å². The van der Waals surface area contributed by atoms with E-state index in [1.807, 2.05) is 6.92 Å². The van der Waals surface area contributed by atoms with Gasteiger partial charge < -0.3 is 9.75 Å². The molecule has 1 N–H and O–H groups in total. The van der Waals surface area contributed by atoms with Crippen LogP contribution in [-0.2, 0) is 17.8 Å². The number of hydrazine groups is 1. The van der Waals surface area contributed by atoms with Gasteiger partial charge in [-0.1, -0.05) is 30.7 Å². The van der Waals surface area contributed by atoms with Crippen LogP contribution in [0.1, 0.15) is 57.9 Å². The van der Waals surface area contributed by atoms with Crippen molar-refractivity contribution in [3.05, 3.63) is 55.9 Å². The number of allylic oxidation sites excluding steroid dienone is 3. The van der Waals surface area contributed by atoms with E-state index in [-0.39, 0.29) is 6.04 Å². The van der Waals surface area contributed by atoms with Crippen LogP contribution in [0.4, 0.5) is 4.39 Å². The highest BCUT2D eigenvalue weighted by Gasteiger charge is 2.40. The summed E-state index contributed by atoms with van der Waals surface area (Å²) >= 11 is 7.63. The first-order valence-electron chi connectivity index (χ1n) is 12.5. The molecule has 190 valence electrons. The molecule has 1 aromatic rings. The van der Waals surface area contributed by atoms with Crippen molar-refractivity contribution in [2.45, 2.75) is 66.6 Å². The van der Waals surface area contributed by atoms with Gasteiger partial charge in [0.15, 0.2) is 0 Å². The van der Waals surface area contributed by atoms with E-state index in [4.69, 9.17) is 16.3 Å². The van der Waals surface area contributed by atoms with Crippen molar-refractivity contribution in [3.8, 4) is 0 Å². The second kappa shape index (κ2) is 12.7. The Labute approximate surface area is 214 Å². The normalized spacial score (nSPS) is 20.4. The number of nitrogens with zero attached hydrogens (tertiary/aromatic N) is 2. The molecule has 0 unspecified atom stereocenters. The van der Waals surface area contributed by atoms with Gasteiger partial charge in [0.05, 0.1) is 17.5 Å². The van der Waals surface area contributed by atoms with Gasteiger partial charge in [-0.2, -0.15) is 0 Å². The number of nitrogens with one attached hydrogen (secondary N) is 1. The Morgan fingerprint density at radius 3 is 2.82 bits per heavy atom. The smallest absolute Gasteiger partial charge is 0.116 e.